The average Bonchev–Trinajstić information content (AvgIpc) is 2.29. The van der Waals surface area contributed by atoms with Gasteiger partial charge >= 0.3 is 0 Å². The number of hydrogen-bond acceptors (Lipinski definition) is 4. The van der Waals surface area contributed by atoms with Gasteiger partial charge in [-0.3, -0.25) is 4.57 Å². The monoisotopic (exact) mass is 210 g/mol. The maximum Gasteiger partial charge on any atom is 0.243 e. The molecule has 0 bridgehead atoms. The number of aliphatic hydroxyl groups is 1. The molecule has 70 valence electrons. The van der Waals surface area contributed by atoms with Crippen LogP contribution in [0.5, 0.6) is 0 Å². The first-order valence-corrected chi connectivity index (χ1v) is 6.40. The van der Waals surface area contributed by atoms with Crippen molar-refractivity contribution in [1.29, 1.82) is 0 Å². The molecule has 0 aromatic heterocycles. The molecule has 0 saturated carbocycles. The summed E-state index contributed by atoms with van der Waals surface area (Å²) in [6.45, 7) is -0.0993. The standard InChI is InChI=1S/C5H12BO4PS/c6-5-1-3(10-11(8)12)4(2-7)9-5/h3-5,7,11H,1-2,6H2,(H,8,12)/t3?,4-,5-/m1/s1. The van der Waals surface area contributed by atoms with Crippen LogP contribution in [0.3, 0.4) is 0 Å². The van der Waals surface area contributed by atoms with Crippen LogP contribution in [-0.2, 0) is 13.8 Å². The molecule has 1 rings (SSSR count). The topological polar surface area (TPSA) is 55.8 Å². The molecule has 4 nitrogen and oxygen atoms in total. The van der Waals surface area contributed by atoms with Gasteiger partial charge in [0.25, 0.3) is 0 Å². The van der Waals surface area contributed by atoms with E-state index in [1.54, 1.807) is 0 Å². The van der Waals surface area contributed by atoms with E-state index in [9.17, 15) is 4.57 Å². The van der Waals surface area contributed by atoms with Gasteiger partial charge in [-0.05, 0) is 6.42 Å². The molecule has 1 saturated heterocycles. The summed E-state index contributed by atoms with van der Waals surface area (Å²) in [5.41, 5.74) is 0. The van der Waals surface area contributed by atoms with Crippen LogP contribution in [0, 0.1) is 0 Å². The van der Waals surface area contributed by atoms with E-state index in [0.29, 0.717) is 6.42 Å². The molecular formula is C5H12BO4PS. The molecule has 2 unspecified atom stereocenters. The van der Waals surface area contributed by atoms with E-state index in [2.05, 4.69) is 12.2 Å². The highest BCUT2D eigenvalue weighted by Gasteiger charge is 2.33. The fourth-order valence-electron chi connectivity index (χ4n) is 1.33. The number of aliphatic hydroxyl groups excluding tert-OH is 1. The number of hydrogen-bond donors (Lipinski definition) is 2. The maximum atomic E-state index is 10.7. The molecule has 7 heteroatoms. The molecule has 1 aliphatic rings. The lowest BCUT2D eigenvalue weighted by Crippen LogP contribution is -2.25. The summed E-state index contributed by atoms with van der Waals surface area (Å²) in [7, 11) is -0.339. The van der Waals surface area contributed by atoms with Crippen molar-refractivity contribution in [2.24, 2.45) is 0 Å². The average molecular weight is 210 g/mol. The van der Waals surface area contributed by atoms with Gasteiger partial charge in [0.15, 0.2) is 0 Å². The van der Waals surface area contributed by atoms with Gasteiger partial charge in [-0.2, -0.15) is 0 Å². The first-order chi connectivity index (χ1) is 5.63. The van der Waals surface area contributed by atoms with Crippen molar-refractivity contribution in [3.8, 4) is 0 Å². The van der Waals surface area contributed by atoms with Gasteiger partial charge < -0.3 is 14.4 Å². The van der Waals surface area contributed by atoms with Crippen LogP contribution in [0.25, 0.3) is 0 Å². The summed E-state index contributed by atoms with van der Waals surface area (Å²) in [4.78, 5) is 0. The van der Waals surface area contributed by atoms with Crippen molar-refractivity contribution in [3.05, 3.63) is 0 Å². The number of ether oxygens (including phenoxy) is 1. The SMILES string of the molecule is B[C@H]1CC(O[PH](=O)S)[C@@H](CO)O1. The fraction of sp³-hybridized carbons (Fsp3) is 1.00. The first-order valence-electron chi connectivity index (χ1n) is 3.79. The summed E-state index contributed by atoms with van der Waals surface area (Å²) >= 11 is 3.67. The van der Waals surface area contributed by atoms with E-state index in [-0.39, 0.29) is 24.8 Å². The summed E-state index contributed by atoms with van der Waals surface area (Å²) in [5, 5.41) is 8.85. The second-order valence-corrected chi connectivity index (χ2v) is 4.69. The molecule has 0 spiro atoms. The van der Waals surface area contributed by atoms with Crippen molar-refractivity contribution in [1.82, 2.24) is 0 Å². The molecule has 0 aromatic rings. The third-order valence-electron chi connectivity index (χ3n) is 1.82. The highest BCUT2D eigenvalue weighted by molar-refractivity contribution is 8.39. The molecule has 1 fully saturated rings. The maximum absolute atomic E-state index is 10.7. The predicted molar refractivity (Wildman–Crippen MR) is 51.8 cm³/mol. The third-order valence-corrected chi connectivity index (χ3v) is 2.64. The minimum absolute atomic E-state index is 0.0573. The quantitative estimate of drug-likeness (QED) is 0.372. The van der Waals surface area contributed by atoms with Crippen molar-refractivity contribution in [2.75, 3.05) is 6.61 Å². The van der Waals surface area contributed by atoms with Gasteiger partial charge in [-0.1, -0.05) is 12.2 Å². The van der Waals surface area contributed by atoms with Crippen molar-refractivity contribution in [3.63, 3.8) is 0 Å². The Morgan fingerprint density at radius 3 is 3.00 bits per heavy atom. The Balaban J connectivity index is 2.46. The Morgan fingerprint density at radius 2 is 2.50 bits per heavy atom. The summed E-state index contributed by atoms with van der Waals surface area (Å²) in [5.74, 6) is 0. The first kappa shape index (κ1) is 10.6. The van der Waals surface area contributed by atoms with Crippen molar-refractivity contribution >= 4 is 27.3 Å². The van der Waals surface area contributed by atoms with Crippen LogP contribution in [0.1, 0.15) is 6.42 Å². The lowest BCUT2D eigenvalue weighted by Gasteiger charge is -2.14. The molecule has 4 atom stereocenters. The third kappa shape index (κ3) is 2.78. The van der Waals surface area contributed by atoms with E-state index in [0.717, 1.165) is 0 Å². The van der Waals surface area contributed by atoms with Gasteiger partial charge in [0.2, 0.25) is 7.23 Å². The van der Waals surface area contributed by atoms with Gasteiger partial charge in [0.05, 0.1) is 12.7 Å². The van der Waals surface area contributed by atoms with Crippen LogP contribution in [0.2, 0.25) is 0 Å². The minimum atomic E-state index is -2.23. The molecule has 1 N–H and O–H groups in total. The van der Waals surface area contributed by atoms with Crippen LogP contribution in [0.4, 0.5) is 0 Å². The van der Waals surface area contributed by atoms with Crippen LogP contribution in [-0.4, -0.2) is 37.8 Å². The second-order valence-electron chi connectivity index (χ2n) is 2.83. The van der Waals surface area contributed by atoms with E-state index in [1.165, 1.54) is 0 Å². The van der Waals surface area contributed by atoms with Crippen LogP contribution < -0.4 is 0 Å². The van der Waals surface area contributed by atoms with E-state index in [4.69, 9.17) is 14.4 Å². The Bertz CT molecular complexity index is 181. The van der Waals surface area contributed by atoms with E-state index >= 15 is 0 Å². The zero-order valence-electron chi connectivity index (χ0n) is 6.77. The van der Waals surface area contributed by atoms with E-state index in [1.807, 2.05) is 7.85 Å². The fourth-order valence-corrected chi connectivity index (χ4v) is 2.25. The van der Waals surface area contributed by atoms with Gasteiger partial charge in [0, 0.05) is 6.00 Å². The highest BCUT2D eigenvalue weighted by Crippen LogP contribution is 2.34. The van der Waals surface area contributed by atoms with Gasteiger partial charge in [-0.25, -0.2) is 0 Å². The normalized spacial score (nSPS) is 38.3. The van der Waals surface area contributed by atoms with Crippen molar-refractivity contribution in [2.45, 2.75) is 24.6 Å². The Kier molecular flexibility index (Phi) is 4.13. The second kappa shape index (κ2) is 4.68. The largest absolute Gasteiger partial charge is 0.394 e. The van der Waals surface area contributed by atoms with Crippen LogP contribution in [0.15, 0.2) is 0 Å². The molecule has 0 amide bonds. The predicted octanol–water partition coefficient (Wildman–Crippen LogP) is -0.569. The smallest absolute Gasteiger partial charge is 0.243 e. The number of thiol groups is 1. The molecule has 0 radical (unpaired) electrons. The molecule has 1 heterocycles. The molecule has 1 aliphatic heterocycles. The number of rotatable bonds is 3. The Morgan fingerprint density at radius 1 is 1.83 bits per heavy atom. The van der Waals surface area contributed by atoms with Crippen LogP contribution >= 0.6 is 19.5 Å². The Labute approximate surface area is 78.1 Å². The molecule has 0 aromatic carbocycles. The lowest BCUT2D eigenvalue weighted by atomic mass is 9.96. The zero-order valence-corrected chi connectivity index (χ0v) is 8.66. The summed E-state index contributed by atoms with van der Waals surface area (Å²) in [6, 6.07) is 0.0573. The summed E-state index contributed by atoms with van der Waals surface area (Å²) < 4.78 is 21.0. The van der Waals surface area contributed by atoms with Crippen molar-refractivity contribution < 1.29 is 18.9 Å². The minimum Gasteiger partial charge on any atom is -0.394 e. The molecule has 0 aliphatic carbocycles. The molecule has 12 heavy (non-hydrogen) atoms. The highest BCUT2D eigenvalue weighted by atomic mass is 32.7. The van der Waals surface area contributed by atoms with Gasteiger partial charge in [-0.15, -0.1) is 0 Å². The zero-order chi connectivity index (χ0) is 9.14. The molecular weight excluding hydrogens is 198 g/mol. The lowest BCUT2D eigenvalue weighted by molar-refractivity contribution is 0.00647. The van der Waals surface area contributed by atoms with E-state index < -0.39 is 7.23 Å². The Hall–Kier alpha value is 0.525. The van der Waals surface area contributed by atoms with Gasteiger partial charge in [0.1, 0.15) is 14.0 Å². The summed E-state index contributed by atoms with van der Waals surface area (Å²) in [6.07, 6.45) is 0.0531.